The van der Waals surface area contributed by atoms with Gasteiger partial charge in [0.1, 0.15) is 0 Å². The molecule has 1 aromatic rings. The molecule has 0 aliphatic carbocycles. The lowest BCUT2D eigenvalue weighted by Gasteiger charge is -1.96. The largest absolute Gasteiger partial charge is 0.424 e. The third-order valence-electron chi connectivity index (χ3n) is 1.37. The number of hydrogen-bond acceptors (Lipinski definition) is 4. The number of hydrogen-bond donors (Lipinski definition) is 1. The zero-order valence-electron chi connectivity index (χ0n) is 7.21. The lowest BCUT2D eigenvalue weighted by Crippen LogP contribution is -2.14. The highest BCUT2D eigenvalue weighted by Gasteiger charge is 1.99. The highest BCUT2D eigenvalue weighted by molar-refractivity contribution is 4.78. The number of aromatic nitrogens is 2. The van der Waals surface area contributed by atoms with Crippen molar-refractivity contribution in [3.05, 3.63) is 24.4 Å². The van der Waals surface area contributed by atoms with Gasteiger partial charge in [-0.15, -0.1) is 16.8 Å². The molecule has 0 aromatic carbocycles. The summed E-state index contributed by atoms with van der Waals surface area (Å²) in [6, 6.07) is 0. The smallest absolute Gasteiger partial charge is 0.230 e. The molecule has 0 unspecified atom stereocenters. The van der Waals surface area contributed by atoms with E-state index >= 15 is 0 Å². The number of rotatable bonds is 5. The molecular formula is C8H13N3O. The molecule has 0 fully saturated rings. The van der Waals surface area contributed by atoms with Crippen LogP contribution in [0.2, 0.25) is 0 Å². The zero-order chi connectivity index (χ0) is 8.81. The van der Waals surface area contributed by atoms with E-state index in [0.717, 1.165) is 13.0 Å². The molecule has 0 spiro atoms. The molecule has 0 aliphatic heterocycles. The molecule has 66 valence electrons. The van der Waals surface area contributed by atoms with Gasteiger partial charge in [-0.2, -0.15) is 0 Å². The van der Waals surface area contributed by atoms with Crippen molar-refractivity contribution in [2.75, 3.05) is 6.54 Å². The summed E-state index contributed by atoms with van der Waals surface area (Å²) in [4.78, 5) is 0. The van der Waals surface area contributed by atoms with Crippen molar-refractivity contribution < 1.29 is 4.42 Å². The van der Waals surface area contributed by atoms with Crippen LogP contribution in [-0.2, 0) is 6.54 Å². The van der Waals surface area contributed by atoms with Crippen LogP contribution in [0.3, 0.4) is 0 Å². The molecule has 4 nitrogen and oxygen atoms in total. The van der Waals surface area contributed by atoms with Crippen LogP contribution in [0.4, 0.5) is 0 Å². The fraction of sp³-hybridized carbons (Fsp3) is 0.500. The normalized spacial score (nSPS) is 10.1. The summed E-state index contributed by atoms with van der Waals surface area (Å²) in [6.07, 6.45) is 2.82. The van der Waals surface area contributed by atoms with Crippen molar-refractivity contribution in [2.24, 2.45) is 0 Å². The fourth-order valence-corrected chi connectivity index (χ4v) is 0.808. The Morgan fingerprint density at radius 2 is 2.42 bits per heavy atom. The topological polar surface area (TPSA) is 51.0 Å². The van der Waals surface area contributed by atoms with Crippen molar-refractivity contribution in [1.82, 2.24) is 15.5 Å². The third kappa shape index (κ3) is 2.84. The molecular weight excluding hydrogens is 154 g/mol. The predicted molar refractivity (Wildman–Crippen MR) is 45.6 cm³/mol. The molecule has 12 heavy (non-hydrogen) atoms. The van der Waals surface area contributed by atoms with E-state index in [0.29, 0.717) is 18.3 Å². The SMILES string of the molecule is C=CCCNCc1nnc(C)o1. The Bertz CT molecular complexity index is 244. The van der Waals surface area contributed by atoms with Crippen LogP contribution < -0.4 is 5.32 Å². The van der Waals surface area contributed by atoms with E-state index in [-0.39, 0.29) is 0 Å². The summed E-state index contributed by atoms with van der Waals surface area (Å²) in [6.45, 7) is 6.92. The Labute approximate surface area is 71.7 Å². The molecule has 0 saturated heterocycles. The second-order valence-electron chi connectivity index (χ2n) is 2.47. The number of aryl methyl sites for hydroxylation is 1. The van der Waals surface area contributed by atoms with Gasteiger partial charge in [-0.05, 0) is 13.0 Å². The second kappa shape index (κ2) is 4.66. The van der Waals surface area contributed by atoms with Crippen molar-refractivity contribution in [1.29, 1.82) is 0 Å². The van der Waals surface area contributed by atoms with Gasteiger partial charge in [0.05, 0.1) is 6.54 Å². The minimum absolute atomic E-state index is 0.607. The van der Waals surface area contributed by atoms with E-state index < -0.39 is 0 Å². The molecule has 4 heteroatoms. The van der Waals surface area contributed by atoms with Crippen LogP contribution in [0.1, 0.15) is 18.2 Å². The molecule has 0 atom stereocenters. The molecule has 0 radical (unpaired) electrons. The third-order valence-corrected chi connectivity index (χ3v) is 1.37. The summed E-state index contributed by atoms with van der Waals surface area (Å²) in [7, 11) is 0. The van der Waals surface area contributed by atoms with Gasteiger partial charge in [0.2, 0.25) is 11.8 Å². The van der Waals surface area contributed by atoms with Gasteiger partial charge in [0, 0.05) is 6.92 Å². The first-order chi connectivity index (χ1) is 5.83. The Balaban J connectivity index is 2.19. The van der Waals surface area contributed by atoms with Gasteiger partial charge in [0.15, 0.2) is 0 Å². The van der Waals surface area contributed by atoms with E-state index in [1.807, 2.05) is 6.08 Å². The average molecular weight is 167 g/mol. The summed E-state index contributed by atoms with van der Waals surface area (Å²) in [5.74, 6) is 1.24. The molecule has 0 aliphatic rings. The van der Waals surface area contributed by atoms with E-state index in [2.05, 4.69) is 22.1 Å². The van der Waals surface area contributed by atoms with Crippen molar-refractivity contribution in [3.8, 4) is 0 Å². The first-order valence-corrected chi connectivity index (χ1v) is 3.93. The molecule has 0 bridgehead atoms. The van der Waals surface area contributed by atoms with Crippen LogP contribution in [0.25, 0.3) is 0 Å². The zero-order valence-corrected chi connectivity index (χ0v) is 7.21. The Morgan fingerprint density at radius 1 is 1.58 bits per heavy atom. The van der Waals surface area contributed by atoms with Crippen molar-refractivity contribution in [2.45, 2.75) is 19.9 Å². The standard InChI is InChI=1S/C8H13N3O/c1-3-4-5-9-6-8-11-10-7(2)12-8/h3,9H,1,4-6H2,2H3. The molecule has 1 aromatic heterocycles. The van der Waals surface area contributed by atoms with Gasteiger partial charge in [-0.25, -0.2) is 0 Å². The fourth-order valence-electron chi connectivity index (χ4n) is 0.808. The maximum absolute atomic E-state index is 5.15. The predicted octanol–water partition coefficient (Wildman–Crippen LogP) is 1.04. The van der Waals surface area contributed by atoms with Crippen LogP contribution in [0.5, 0.6) is 0 Å². The van der Waals surface area contributed by atoms with Crippen molar-refractivity contribution >= 4 is 0 Å². The lowest BCUT2D eigenvalue weighted by atomic mass is 10.4. The quantitative estimate of drug-likeness (QED) is 0.526. The maximum Gasteiger partial charge on any atom is 0.230 e. The molecule has 1 heterocycles. The first-order valence-electron chi connectivity index (χ1n) is 3.93. The molecule has 1 rings (SSSR count). The van der Waals surface area contributed by atoms with E-state index in [1.165, 1.54) is 0 Å². The van der Waals surface area contributed by atoms with E-state index in [4.69, 9.17) is 4.42 Å². The van der Waals surface area contributed by atoms with Crippen LogP contribution in [0.15, 0.2) is 17.1 Å². The Morgan fingerprint density at radius 3 is 3.00 bits per heavy atom. The van der Waals surface area contributed by atoms with E-state index in [9.17, 15) is 0 Å². The van der Waals surface area contributed by atoms with Crippen LogP contribution in [-0.4, -0.2) is 16.7 Å². The monoisotopic (exact) mass is 167 g/mol. The number of nitrogens with one attached hydrogen (secondary N) is 1. The summed E-state index contributed by atoms with van der Waals surface area (Å²) < 4.78 is 5.15. The number of nitrogens with zero attached hydrogens (tertiary/aromatic N) is 2. The van der Waals surface area contributed by atoms with Gasteiger partial charge in [-0.1, -0.05) is 6.08 Å². The summed E-state index contributed by atoms with van der Waals surface area (Å²) in [5, 5.41) is 10.7. The molecule has 1 N–H and O–H groups in total. The summed E-state index contributed by atoms with van der Waals surface area (Å²) in [5.41, 5.74) is 0. The van der Waals surface area contributed by atoms with Crippen molar-refractivity contribution in [3.63, 3.8) is 0 Å². The van der Waals surface area contributed by atoms with Crippen LogP contribution >= 0.6 is 0 Å². The first kappa shape index (κ1) is 8.93. The van der Waals surface area contributed by atoms with Gasteiger partial charge >= 0.3 is 0 Å². The van der Waals surface area contributed by atoms with E-state index in [1.54, 1.807) is 6.92 Å². The second-order valence-corrected chi connectivity index (χ2v) is 2.47. The minimum atomic E-state index is 0.607. The van der Waals surface area contributed by atoms with Gasteiger partial charge < -0.3 is 9.73 Å². The molecule has 0 saturated carbocycles. The minimum Gasteiger partial charge on any atom is -0.424 e. The summed E-state index contributed by atoms with van der Waals surface area (Å²) >= 11 is 0. The lowest BCUT2D eigenvalue weighted by molar-refractivity contribution is 0.448. The average Bonchev–Trinajstić information content (AvgIpc) is 2.45. The van der Waals surface area contributed by atoms with Gasteiger partial charge in [-0.3, -0.25) is 0 Å². The van der Waals surface area contributed by atoms with Gasteiger partial charge in [0.25, 0.3) is 0 Å². The highest BCUT2D eigenvalue weighted by atomic mass is 16.4. The molecule has 0 amide bonds. The maximum atomic E-state index is 5.15. The Kier molecular flexibility index (Phi) is 3.47. The van der Waals surface area contributed by atoms with Crippen LogP contribution in [0, 0.1) is 6.92 Å². The highest BCUT2D eigenvalue weighted by Crippen LogP contribution is 1.96. The Hall–Kier alpha value is -1.16.